The Labute approximate surface area is 91.5 Å². The fourth-order valence-electron chi connectivity index (χ4n) is 1.14. The SMILES string of the molecule is Br.CCC(NC)[N+](C)(C)C.[Br-]. The molecule has 0 amide bonds. The van der Waals surface area contributed by atoms with Crippen molar-refractivity contribution >= 4 is 17.0 Å². The molecule has 0 heterocycles. The van der Waals surface area contributed by atoms with Gasteiger partial charge in [-0.1, -0.05) is 6.92 Å². The first kappa shape index (κ1) is 17.8. The van der Waals surface area contributed by atoms with Crippen LogP contribution in [0.4, 0.5) is 0 Å². The first-order valence-corrected chi connectivity index (χ1v) is 3.50. The summed E-state index contributed by atoms with van der Waals surface area (Å²) in [5.74, 6) is 0. The molecule has 1 N–H and O–H groups in total. The lowest BCUT2D eigenvalue weighted by atomic mass is 10.3. The van der Waals surface area contributed by atoms with Crippen LogP contribution in [0, 0.1) is 0 Å². The predicted molar refractivity (Wildman–Crippen MR) is 51.5 cm³/mol. The highest BCUT2D eigenvalue weighted by atomic mass is 79.9. The topological polar surface area (TPSA) is 12.0 Å². The van der Waals surface area contributed by atoms with Crippen LogP contribution in [-0.4, -0.2) is 38.8 Å². The lowest BCUT2D eigenvalue weighted by Gasteiger charge is -2.32. The van der Waals surface area contributed by atoms with Gasteiger partial charge in [-0.15, -0.1) is 17.0 Å². The largest absolute Gasteiger partial charge is 1.00 e. The summed E-state index contributed by atoms with van der Waals surface area (Å²) in [6, 6.07) is 0. The van der Waals surface area contributed by atoms with Crippen LogP contribution in [0.2, 0.25) is 0 Å². The highest BCUT2D eigenvalue weighted by molar-refractivity contribution is 8.93. The number of hydrogen-bond donors (Lipinski definition) is 1. The predicted octanol–water partition coefficient (Wildman–Crippen LogP) is -1.77. The molecule has 72 valence electrons. The Morgan fingerprint density at radius 1 is 1.27 bits per heavy atom. The van der Waals surface area contributed by atoms with Crippen LogP contribution < -0.4 is 22.3 Å². The maximum Gasteiger partial charge on any atom is 0.141 e. The van der Waals surface area contributed by atoms with Gasteiger partial charge in [0.05, 0.1) is 21.1 Å². The van der Waals surface area contributed by atoms with Gasteiger partial charge < -0.3 is 21.5 Å². The Morgan fingerprint density at radius 3 is 1.64 bits per heavy atom. The summed E-state index contributed by atoms with van der Waals surface area (Å²) in [6.07, 6.45) is 1.77. The van der Waals surface area contributed by atoms with E-state index in [0.717, 1.165) is 4.48 Å². The van der Waals surface area contributed by atoms with Crippen LogP contribution >= 0.6 is 17.0 Å². The van der Waals surface area contributed by atoms with Gasteiger partial charge >= 0.3 is 0 Å². The summed E-state index contributed by atoms with van der Waals surface area (Å²) in [4.78, 5) is 0. The number of rotatable bonds is 3. The molecule has 0 radical (unpaired) electrons. The lowest BCUT2D eigenvalue weighted by Crippen LogP contribution is -3.00. The average molecular weight is 292 g/mol. The van der Waals surface area contributed by atoms with Crippen molar-refractivity contribution in [3.05, 3.63) is 0 Å². The quantitative estimate of drug-likeness (QED) is 0.479. The normalized spacial score (nSPS) is 12.8. The summed E-state index contributed by atoms with van der Waals surface area (Å²) in [7, 11) is 8.61. The van der Waals surface area contributed by atoms with E-state index in [1.807, 2.05) is 7.05 Å². The minimum atomic E-state index is 0. The van der Waals surface area contributed by atoms with Crippen molar-refractivity contribution in [1.82, 2.24) is 5.32 Å². The number of halogens is 2. The molecule has 0 rings (SSSR count). The van der Waals surface area contributed by atoms with E-state index in [-0.39, 0.29) is 34.0 Å². The van der Waals surface area contributed by atoms with Crippen molar-refractivity contribution in [2.75, 3.05) is 28.2 Å². The van der Waals surface area contributed by atoms with Crippen LogP contribution in [-0.2, 0) is 0 Å². The van der Waals surface area contributed by atoms with Crippen molar-refractivity contribution < 1.29 is 21.5 Å². The molecule has 0 aliphatic heterocycles. The van der Waals surface area contributed by atoms with Crippen molar-refractivity contribution in [3.63, 3.8) is 0 Å². The minimum Gasteiger partial charge on any atom is -1.00 e. The van der Waals surface area contributed by atoms with E-state index in [1.165, 1.54) is 6.42 Å². The first-order chi connectivity index (χ1) is 4.02. The lowest BCUT2D eigenvalue weighted by molar-refractivity contribution is -0.899. The second kappa shape index (κ2) is 7.53. The van der Waals surface area contributed by atoms with Gasteiger partial charge in [0.2, 0.25) is 0 Å². The third-order valence-electron chi connectivity index (χ3n) is 1.65. The zero-order valence-electron chi connectivity index (χ0n) is 8.02. The average Bonchev–Trinajstić information content (AvgIpc) is 1.65. The molecule has 0 aliphatic carbocycles. The van der Waals surface area contributed by atoms with Crippen LogP contribution in [0.3, 0.4) is 0 Å². The molecule has 0 spiro atoms. The van der Waals surface area contributed by atoms with Crippen LogP contribution in [0.1, 0.15) is 13.3 Å². The zero-order valence-corrected chi connectivity index (χ0v) is 11.3. The molecule has 0 saturated carbocycles. The molecule has 0 aromatic rings. The zero-order chi connectivity index (χ0) is 7.49. The fourth-order valence-corrected chi connectivity index (χ4v) is 1.14. The Hall–Kier alpha value is 0.880. The van der Waals surface area contributed by atoms with E-state index in [1.54, 1.807) is 0 Å². The summed E-state index contributed by atoms with van der Waals surface area (Å²) in [5.41, 5.74) is 0. The van der Waals surface area contributed by atoms with Gasteiger partial charge in [-0.2, -0.15) is 0 Å². The second-order valence-corrected chi connectivity index (χ2v) is 3.33. The summed E-state index contributed by atoms with van der Waals surface area (Å²) in [6.45, 7) is 2.20. The standard InChI is InChI=1S/C7H19N2.2BrH/c1-6-7(8-2)9(3,4)5;;/h7-8H,6H2,1-5H3;2*1H/q+1;;/p-1. The monoisotopic (exact) mass is 290 g/mol. The van der Waals surface area contributed by atoms with Gasteiger partial charge in [0.15, 0.2) is 0 Å². The molecular formula is C7H20Br2N2. The summed E-state index contributed by atoms with van der Waals surface area (Å²) < 4.78 is 0.993. The third kappa shape index (κ3) is 7.25. The molecule has 11 heavy (non-hydrogen) atoms. The van der Waals surface area contributed by atoms with Gasteiger partial charge in [-0.3, -0.25) is 5.32 Å². The van der Waals surface area contributed by atoms with Gasteiger partial charge in [0.1, 0.15) is 6.17 Å². The molecule has 0 fully saturated rings. The van der Waals surface area contributed by atoms with E-state index in [4.69, 9.17) is 0 Å². The molecule has 0 bridgehead atoms. The third-order valence-corrected chi connectivity index (χ3v) is 1.65. The Balaban J connectivity index is -0.000000320. The highest BCUT2D eigenvalue weighted by Crippen LogP contribution is 2.01. The molecular weight excluding hydrogens is 272 g/mol. The molecule has 0 aliphatic rings. The maximum atomic E-state index is 3.26. The second-order valence-electron chi connectivity index (χ2n) is 3.33. The van der Waals surface area contributed by atoms with Crippen molar-refractivity contribution in [1.29, 1.82) is 0 Å². The minimum absolute atomic E-state index is 0. The smallest absolute Gasteiger partial charge is 0.141 e. The van der Waals surface area contributed by atoms with Gasteiger partial charge in [0.25, 0.3) is 0 Å². The maximum absolute atomic E-state index is 3.26. The molecule has 0 aromatic carbocycles. The van der Waals surface area contributed by atoms with Crippen LogP contribution in [0.25, 0.3) is 0 Å². The van der Waals surface area contributed by atoms with Gasteiger partial charge in [-0.25, -0.2) is 0 Å². The molecule has 1 unspecified atom stereocenters. The van der Waals surface area contributed by atoms with E-state index in [0.29, 0.717) is 6.17 Å². The molecule has 4 heteroatoms. The molecule has 1 atom stereocenters. The number of hydrogen-bond acceptors (Lipinski definition) is 1. The van der Waals surface area contributed by atoms with Gasteiger partial charge in [0, 0.05) is 6.42 Å². The van der Waals surface area contributed by atoms with E-state index < -0.39 is 0 Å². The first-order valence-electron chi connectivity index (χ1n) is 3.50. The van der Waals surface area contributed by atoms with E-state index in [2.05, 4.69) is 33.4 Å². The Morgan fingerprint density at radius 2 is 1.64 bits per heavy atom. The Bertz CT molecular complexity index is 77.0. The van der Waals surface area contributed by atoms with Crippen LogP contribution in [0.15, 0.2) is 0 Å². The fraction of sp³-hybridized carbons (Fsp3) is 1.00. The van der Waals surface area contributed by atoms with Crippen molar-refractivity contribution in [2.24, 2.45) is 0 Å². The number of nitrogens with zero attached hydrogens (tertiary/aromatic N) is 1. The number of nitrogens with one attached hydrogen (secondary N) is 1. The molecule has 0 saturated heterocycles. The van der Waals surface area contributed by atoms with Crippen LogP contribution in [0.5, 0.6) is 0 Å². The van der Waals surface area contributed by atoms with Crippen molar-refractivity contribution in [2.45, 2.75) is 19.5 Å². The number of quaternary nitrogens is 1. The molecule has 0 aromatic heterocycles. The highest BCUT2D eigenvalue weighted by Gasteiger charge is 2.18. The van der Waals surface area contributed by atoms with Gasteiger partial charge in [-0.05, 0) is 7.05 Å². The van der Waals surface area contributed by atoms with Crippen molar-refractivity contribution in [3.8, 4) is 0 Å². The summed E-state index contributed by atoms with van der Waals surface area (Å²) >= 11 is 0. The van der Waals surface area contributed by atoms with E-state index in [9.17, 15) is 0 Å². The van der Waals surface area contributed by atoms with E-state index >= 15 is 0 Å². The Kier molecular flexibility index (Phi) is 12.2. The summed E-state index contributed by atoms with van der Waals surface area (Å²) in [5, 5.41) is 3.26. The molecule has 2 nitrogen and oxygen atoms in total.